The number of unbranched alkanes of at least 4 members (excludes halogenated alkanes) is 1. The number of fused-ring (bicyclic) bond motifs is 3. The molecule has 5 heteroatoms. The standard InChI is InChI=1S/C43H48N4O/c1-8-9-15-32-20-21-44-41(22-32)46-39-17-11-10-16-37(39)38-19-18-35(26-40(38)46)48-36-24-33(27(2)3)23-34(25-36)47-31(7)43(30(6)45-47)42-28(4)13-12-14-29(42)5/h10-11,13,16-27,29,42H,8-9,12,14-15H2,1-7H3/t29?,42-/m0/s1. The van der Waals surface area contributed by atoms with Crippen molar-refractivity contribution in [2.45, 2.75) is 92.4 Å². The van der Waals surface area contributed by atoms with Crippen molar-refractivity contribution in [2.75, 3.05) is 0 Å². The van der Waals surface area contributed by atoms with Crippen LogP contribution in [-0.2, 0) is 6.42 Å². The van der Waals surface area contributed by atoms with E-state index >= 15 is 0 Å². The van der Waals surface area contributed by atoms with Gasteiger partial charge in [0.15, 0.2) is 0 Å². The molecule has 1 unspecified atom stereocenters. The Bertz CT molecular complexity index is 2150. The Morgan fingerprint density at radius 1 is 0.896 bits per heavy atom. The first-order valence-corrected chi connectivity index (χ1v) is 17.8. The predicted octanol–water partition coefficient (Wildman–Crippen LogP) is 11.7. The quantitative estimate of drug-likeness (QED) is 0.148. The number of nitrogens with zero attached hydrogens (tertiary/aromatic N) is 4. The molecule has 0 N–H and O–H groups in total. The molecule has 3 heterocycles. The van der Waals surface area contributed by atoms with Gasteiger partial charge in [0.25, 0.3) is 0 Å². The Balaban J connectivity index is 1.31. The van der Waals surface area contributed by atoms with Gasteiger partial charge >= 0.3 is 0 Å². The summed E-state index contributed by atoms with van der Waals surface area (Å²) in [5.41, 5.74) is 11.0. The minimum Gasteiger partial charge on any atom is -0.457 e. The molecule has 1 aliphatic rings. The molecule has 3 aromatic heterocycles. The zero-order valence-corrected chi connectivity index (χ0v) is 29.5. The van der Waals surface area contributed by atoms with E-state index in [0.717, 1.165) is 46.2 Å². The Kier molecular flexibility index (Phi) is 8.72. The number of pyridine rings is 1. The Hall–Kier alpha value is -4.64. The third-order valence-electron chi connectivity index (χ3n) is 10.4. The summed E-state index contributed by atoms with van der Waals surface area (Å²) in [4.78, 5) is 4.85. The second-order valence-electron chi connectivity index (χ2n) is 14.2. The van der Waals surface area contributed by atoms with Gasteiger partial charge in [-0.25, -0.2) is 9.67 Å². The van der Waals surface area contributed by atoms with Gasteiger partial charge in [-0.2, -0.15) is 5.10 Å². The van der Waals surface area contributed by atoms with Gasteiger partial charge in [-0.1, -0.05) is 64.0 Å². The molecule has 0 aliphatic heterocycles. The Morgan fingerprint density at radius 2 is 1.71 bits per heavy atom. The van der Waals surface area contributed by atoms with Crippen molar-refractivity contribution in [3.8, 4) is 23.0 Å². The lowest BCUT2D eigenvalue weighted by molar-refractivity contribution is 0.447. The highest BCUT2D eigenvalue weighted by molar-refractivity contribution is 6.09. The fourth-order valence-electron chi connectivity index (χ4n) is 7.82. The van der Waals surface area contributed by atoms with Gasteiger partial charge in [-0.05, 0) is 112 Å². The van der Waals surface area contributed by atoms with Crippen LogP contribution < -0.4 is 4.74 Å². The van der Waals surface area contributed by atoms with E-state index in [0.29, 0.717) is 17.8 Å². The van der Waals surface area contributed by atoms with Crippen LogP contribution in [0, 0.1) is 19.8 Å². The molecule has 2 atom stereocenters. The largest absolute Gasteiger partial charge is 0.457 e. The molecule has 7 rings (SSSR count). The molecule has 0 saturated carbocycles. The predicted molar refractivity (Wildman–Crippen MR) is 199 cm³/mol. The number of para-hydroxylation sites is 1. The van der Waals surface area contributed by atoms with Gasteiger partial charge < -0.3 is 4.74 Å². The molecule has 0 fully saturated rings. The van der Waals surface area contributed by atoms with Gasteiger partial charge in [0.05, 0.1) is 22.4 Å². The molecule has 0 saturated heterocycles. The number of ether oxygens (including phenoxy) is 1. The van der Waals surface area contributed by atoms with E-state index in [2.05, 4.69) is 137 Å². The van der Waals surface area contributed by atoms with Gasteiger partial charge in [-0.3, -0.25) is 4.57 Å². The van der Waals surface area contributed by atoms with Crippen molar-refractivity contribution in [1.82, 2.24) is 19.3 Å². The number of benzene rings is 3. The summed E-state index contributed by atoms with van der Waals surface area (Å²) in [6, 6.07) is 26.0. The molecule has 48 heavy (non-hydrogen) atoms. The van der Waals surface area contributed by atoms with Crippen LogP contribution in [0.15, 0.2) is 90.6 Å². The Labute approximate surface area is 285 Å². The first-order valence-electron chi connectivity index (χ1n) is 17.8. The smallest absolute Gasteiger partial charge is 0.137 e. The topological polar surface area (TPSA) is 44.9 Å². The first-order chi connectivity index (χ1) is 23.2. The van der Waals surface area contributed by atoms with Crippen LogP contribution in [0.3, 0.4) is 0 Å². The SMILES string of the molecule is CCCCc1ccnc(-n2c3ccccc3c3ccc(Oc4cc(C(C)C)cc(-n5nc(C)c([C@H]6C(C)=CCCC6C)c5C)c4)cc32)c1. The lowest BCUT2D eigenvalue weighted by Gasteiger charge is -2.29. The van der Waals surface area contributed by atoms with Crippen LogP contribution in [0.1, 0.15) is 100 Å². The van der Waals surface area contributed by atoms with E-state index in [1.54, 1.807) is 0 Å². The molecule has 0 bridgehead atoms. The molecule has 3 aromatic carbocycles. The second-order valence-corrected chi connectivity index (χ2v) is 14.2. The van der Waals surface area contributed by atoms with Crippen molar-refractivity contribution < 1.29 is 4.74 Å². The number of allylic oxidation sites excluding steroid dienone is 2. The third kappa shape index (κ3) is 5.85. The van der Waals surface area contributed by atoms with Crippen molar-refractivity contribution in [3.05, 3.63) is 119 Å². The molecular formula is C43H48N4O. The fraction of sp³-hybridized carbons (Fsp3) is 0.349. The summed E-state index contributed by atoms with van der Waals surface area (Å²) in [6.45, 7) is 15.8. The van der Waals surface area contributed by atoms with Crippen molar-refractivity contribution >= 4 is 21.8 Å². The van der Waals surface area contributed by atoms with E-state index in [1.165, 1.54) is 64.4 Å². The lowest BCUT2D eigenvalue weighted by atomic mass is 9.75. The monoisotopic (exact) mass is 636 g/mol. The summed E-state index contributed by atoms with van der Waals surface area (Å²) in [5, 5.41) is 7.53. The molecule has 0 amide bonds. The highest BCUT2D eigenvalue weighted by Gasteiger charge is 2.29. The van der Waals surface area contributed by atoms with E-state index in [1.807, 2.05) is 6.20 Å². The molecule has 1 aliphatic carbocycles. The van der Waals surface area contributed by atoms with E-state index in [4.69, 9.17) is 14.8 Å². The maximum atomic E-state index is 6.75. The van der Waals surface area contributed by atoms with E-state index < -0.39 is 0 Å². The van der Waals surface area contributed by atoms with E-state index in [9.17, 15) is 0 Å². The average molecular weight is 637 g/mol. The van der Waals surface area contributed by atoms with Crippen LogP contribution in [0.4, 0.5) is 0 Å². The second kappa shape index (κ2) is 13.1. The zero-order chi connectivity index (χ0) is 33.5. The number of aryl methyl sites for hydroxylation is 2. The third-order valence-corrected chi connectivity index (χ3v) is 10.4. The van der Waals surface area contributed by atoms with Crippen molar-refractivity contribution in [3.63, 3.8) is 0 Å². The van der Waals surface area contributed by atoms with Gasteiger partial charge in [0.1, 0.15) is 17.3 Å². The molecule has 5 nitrogen and oxygen atoms in total. The minimum atomic E-state index is 0.336. The summed E-state index contributed by atoms with van der Waals surface area (Å²) >= 11 is 0. The highest BCUT2D eigenvalue weighted by atomic mass is 16.5. The fourth-order valence-corrected chi connectivity index (χ4v) is 7.82. The first kappa shape index (κ1) is 31.9. The maximum Gasteiger partial charge on any atom is 0.137 e. The average Bonchev–Trinajstić information content (AvgIpc) is 3.56. The maximum absolute atomic E-state index is 6.75. The normalized spacial score (nSPS) is 16.6. The van der Waals surface area contributed by atoms with Crippen LogP contribution in [-0.4, -0.2) is 19.3 Å². The number of hydrogen-bond acceptors (Lipinski definition) is 3. The van der Waals surface area contributed by atoms with Gasteiger partial charge in [-0.15, -0.1) is 0 Å². The Morgan fingerprint density at radius 3 is 2.50 bits per heavy atom. The summed E-state index contributed by atoms with van der Waals surface area (Å²) in [7, 11) is 0. The zero-order valence-electron chi connectivity index (χ0n) is 29.5. The number of hydrogen-bond donors (Lipinski definition) is 0. The van der Waals surface area contributed by atoms with Crippen molar-refractivity contribution in [2.24, 2.45) is 5.92 Å². The van der Waals surface area contributed by atoms with Crippen LogP contribution in [0.25, 0.3) is 33.3 Å². The van der Waals surface area contributed by atoms with Crippen LogP contribution in [0.5, 0.6) is 11.5 Å². The van der Waals surface area contributed by atoms with Gasteiger partial charge in [0.2, 0.25) is 0 Å². The lowest BCUT2D eigenvalue weighted by Crippen LogP contribution is -2.16. The summed E-state index contributed by atoms with van der Waals surface area (Å²) in [6.07, 6.45) is 10.1. The molecule has 246 valence electrons. The van der Waals surface area contributed by atoms with E-state index in [-0.39, 0.29) is 0 Å². The highest BCUT2D eigenvalue weighted by Crippen LogP contribution is 2.42. The number of aromatic nitrogens is 4. The molecule has 6 aromatic rings. The molecular weight excluding hydrogens is 589 g/mol. The van der Waals surface area contributed by atoms with Gasteiger partial charge in [0, 0.05) is 46.3 Å². The molecule has 0 spiro atoms. The molecule has 0 radical (unpaired) electrons. The minimum absolute atomic E-state index is 0.336. The summed E-state index contributed by atoms with van der Waals surface area (Å²) < 4.78 is 11.2. The van der Waals surface area contributed by atoms with Crippen molar-refractivity contribution in [1.29, 1.82) is 0 Å². The number of rotatable bonds is 9. The van der Waals surface area contributed by atoms with Crippen LogP contribution in [0.2, 0.25) is 0 Å². The van der Waals surface area contributed by atoms with Crippen LogP contribution >= 0.6 is 0 Å². The summed E-state index contributed by atoms with van der Waals surface area (Å²) in [5.74, 6) is 3.90.